The Hall–Kier alpha value is -1.07. The van der Waals surface area contributed by atoms with Gasteiger partial charge in [-0.25, -0.2) is 21.1 Å². The van der Waals surface area contributed by atoms with Crippen LogP contribution in [0.15, 0.2) is 12.3 Å². The van der Waals surface area contributed by atoms with Crippen molar-refractivity contribution in [1.82, 2.24) is 15.9 Å². The van der Waals surface area contributed by atoms with Crippen LogP contribution in [-0.4, -0.2) is 17.6 Å². The normalized spacial score (nSPS) is 16.3. The Morgan fingerprint density at radius 3 is 3.11 bits per heavy atom. The molecule has 0 aliphatic carbocycles. The van der Waals surface area contributed by atoms with E-state index in [1.54, 1.807) is 6.20 Å². The second kappa shape index (κ2) is 2.47. The highest BCUT2D eigenvalue weighted by Gasteiger charge is 2.09. The zero-order valence-corrected chi connectivity index (χ0v) is 4.79. The lowest BCUT2D eigenvalue weighted by Crippen LogP contribution is -2.45. The Morgan fingerprint density at radius 2 is 2.67 bits per heavy atom. The molecule has 0 aromatic rings. The molecule has 9 heavy (non-hydrogen) atoms. The van der Waals surface area contributed by atoms with Gasteiger partial charge in [0.2, 0.25) is 0 Å². The summed E-state index contributed by atoms with van der Waals surface area (Å²) in [6.07, 6.45) is 3.43. The number of carbonyl (C=O) groups excluding carboxylic acids is 1. The number of hydrogen-bond acceptors (Lipinski definition) is 3. The number of nitrogens with two attached hydrogens (primary N) is 1. The van der Waals surface area contributed by atoms with Gasteiger partial charge < -0.3 is 0 Å². The van der Waals surface area contributed by atoms with Crippen LogP contribution >= 0.6 is 0 Å². The predicted molar refractivity (Wildman–Crippen MR) is 31.7 cm³/mol. The number of rotatable bonds is 0. The average molecular weight is 128 g/mol. The standard InChI is InChI=1S/C4H8N4O/c5-7-4(9)8-3-1-2-6-8/h1,3,6H,2,5H2,(H,7,9). The maximum absolute atomic E-state index is 10.6. The minimum atomic E-state index is -0.358. The van der Waals surface area contributed by atoms with Crippen molar-refractivity contribution in [3.8, 4) is 0 Å². The Balaban J connectivity index is 2.43. The molecule has 50 valence electrons. The molecule has 1 heterocycles. The minimum Gasteiger partial charge on any atom is -0.274 e. The van der Waals surface area contributed by atoms with Crippen molar-refractivity contribution in [2.45, 2.75) is 0 Å². The maximum atomic E-state index is 10.6. The molecule has 0 fully saturated rings. The molecular weight excluding hydrogens is 120 g/mol. The number of amides is 2. The summed E-state index contributed by atoms with van der Waals surface area (Å²) in [6, 6.07) is -0.358. The first-order chi connectivity index (χ1) is 4.34. The molecular formula is C4H8N4O. The molecule has 5 nitrogen and oxygen atoms in total. The van der Waals surface area contributed by atoms with Crippen molar-refractivity contribution in [2.75, 3.05) is 6.54 Å². The predicted octanol–water partition coefficient (Wildman–Crippen LogP) is -1.10. The van der Waals surface area contributed by atoms with Gasteiger partial charge in [0.1, 0.15) is 0 Å². The van der Waals surface area contributed by atoms with Crippen molar-refractivity contribution >= 4 is 6.03 Å². The second-order valence-corrected chi connectivity index (χ2v) is 1.57. The van der Waals surface area contributed by atoms with Gasteiger partial charge in [-0.15, -0.1) is 0 Å². The molecule has 0 spiro atoms. The summed E-state index contributed by atoms with van der Waals surface area (Å²) in [7, 11) is 0. The van der Waals surface area contributed by atoms with E-state index in [1.807, 2.05) is 11.5 Å². The van der Waals surface area contributed by atoms with E-state index in [-0.39, 0.29) is 6.03 Å². The van der Waals surface area contributed by atoms with Crippen LogP contribution in [0.2, 0.25) is 0 Å². The third-order valence-corrected chi connectivity index (χ3v) is 0.976. The largest absolute Gasteiger partial charge is 0.350 e. The van der Waals surface area contributed by atoms with Crippen LogP contribution in [0.1, 0.15) is 0 Å². The van der Waals surface area contributed by atoms with Crippen molar-refractivity contribution in [3.63, 3.8) is 0 Å². The average Bonchev–Trinajstić information content (AvgIpc) is 2.37. The highest BCUT2D eigenvalue weighted by Crippen LogP contribution is 1.90. The van der Waals surface area contributed by atoms with Crippen molar-refractivity contribution in [1.29, 1.82) is 0 Å². The Labute approximate surface area is 52.4 Å². The quantitative estimate of drug-likeness (QED) is 0.220. The van der Waals surface area contributed by atoms with Gasteiger partial charge in [0.25, 0.3) is 0 Å². The topological polar surface area (TPSA) is 70.4 Å². The number of nitrogens with zero attached hydrogens (tertiary/aromatic N) is 1. The third-order valence-electron chi connectivity index (χ3n) is 0.976. The number of nitrogens with one attached hydrogen (secondary N) is 2. The van der Waals surface area contributed by atoms with E-state index in [1.165, 1.54) is 5.01 Å². The fourth-order valence-electron chi connectivity index (χ4n) is 0.571. The minimum absolute atomic E-state index is 0.358. The second-order valence-electron chi connectivity index (χ2n) is 1.57. The van der Waals surface area contributed by atoms with Gasteiger partial charge in [0, 0.05) is 12.7 Å². The van der Waals surface area contributed by atoms with E-state index in [4.69, 9.17) is 5.84 Å². The molecule has 1 aliphatic heterocycles. The molecule has 1 aliphatic rings. The fraction of sp³-hybridized carbons (Fsp3) is 0.250. The van der Waals surface area contributed by atoms with Crippen LogP contribution < -0.4 is 16.7 Å². The first kappa shape index (κ1) is 6.06. The van der Waals surface area contributed by atoms with Crippen molar-refractivity contribution in [3.05, 3.63) is 12.3 Å². The Morgan fingerprint density at radius 1 is 1.89 bits per heavy atom. The molecule has 4 N–H and O–H groups in total. The van der Waals surface area contributed by atoms with Crippen LogP contribution in [0, 0.1) is 0 Å². The van der Waals surface area contributed by atoms with Gasteiger partial charge in [-0.1, -0.05) is 6.08 Å². The smallest absolute Gasteiger partial charge is 0.274 e. The molecule has 0 unspecified atom stereocenters. The van der Waals surface area contributed by atoms with Gasteiger partial charge >= 0.3 is 6.03 Å². The summed E-state index contributed by atoms with van der Waals surface area (Å²) in [5.74, 6) is 4.84. The van der Waals surface area contributed by atoms with Crippen LogP contribution in [-0.2, 0) is 0 Å². The van der Waals surface area contributed by atoms with E-state index < -0.39 is 0 Å². The van der Waals surface area contributed by atoms with Crippen LogP contribution in [0.5, 0.6) is 0 Å². The number of hydrazine groups is 2. The maximum Gasteiger partial charge on any atom is 0.350 e. The summed E-state index contributed by atoms with van der Waals surface area (Å²) >= 11 is 0. The monoisotopic (exact) mass is 128 g/mol. The first-order valence-corrected chi connectivity index (χ1v) is 2.54. The summed E-state index contributed by atoms with van der Waals surface area (Å²) in [4.78, 5) is 10.6. The van der Waals surface area contributed by atoms with Gasteiger partial charge in [-0.05, 0) is 0 Å². The molecule has 2 amide bonds. The summed E-state index contributed by atoms with van der Waals surface area (Å²) in [6.45, 7) is 0.674. The van der Waals surface area contributed by atoms with Crippen molar-refractivity contribution < 1.29 is 4.79 Å². The zero-order chi connectivity index (χ0) is 6.69. The molecule has 0 aromatic carbocycles. The SMILES string of the molecule is NNC(=O)N1C=CCN1. The molecule has 0 bridgehead atoms. The highest BCUT2D eigenvalue weighted by atomic mass is 16.2. The number of urea groups is 1. The van der Waals surface area contributed by atoms with E-state index in [0.717, 1.165) is 0 Å². The molecule has 0 saturated heterocycles. The lowest BCUT2D eigenvalue weighted by atomic mass is 10.7. The van der Waals surface area contributed by atoms with Gasteiger partial charge in [0.05, 0.1) is 0 Å². The summed E-state index contributed by atoms with van der Waals surface area (Å²) in [5, 5.41) is 1.28. The van der Waals surface area contributed by atoms with E-state index in [9.17, 15) is 4.79 Å². The van der Waals surface area contributed by atoms with Crippen LogP contribution in [0.3, 0.4) is 0 Å². The zero-order valence-electron chi connectivity index (χ0n) is 4.79. The van der Waals surface area contributed by atoms with Crippen LogP contribution in [0.4, 0.5) is 4.79 Å². The molecule has 1 rings (SSSR count). The lowest BCUT2D eigenvalue weighted by molar-refractivity contribution is 0.204. The molecule has 0 saturated carbocycles. The van der Waals surface area contributed by atoms with E-state index in [0.29, 0.717) is 6.54 Å². The van der Waals surface area contributed by atoms with E-state index in [2.05, 4.69) is 5.43 Å². The van der Waals surface area contributed by atoms with E-state index >= 15 is 0 Å². The number of hydrogen-bond donors (Lipinski definition) is 3. The summed E-state index contributed by atoms with van der Waals surface area (Å²) < 4.78 is 0. The lowest BCUT2D eigenvalue weighted by Gasteiger charge is -2.11. The molecule has 0 aromatic heterocycles. The van der Waals surface area contributed by atoms with Crippen LogP contribution in [0.25, 0.3) is 0 Å². The molecule has 0 atom stereocenters. The fourth-order valence-corrected chi connectivity index (χ4v) is 0.571. The van der Waals surface area contributed by atoms with Crippen molar-refractivity contribution in [2.24, 2.45) is 5.84 Å². The summed E-state index contributed by atoms with van der Waals surface area (Å²) in [5.41, 5.74) is 4.72. The third kappa shape index (κ3) is 1.18. The molecule has 5 heteroatoms. The molecule has 0 radical (unpaired) electrons. The highest BCUT2D eigenvalue weighted by molar-refractivity contribution is 5.74. The Bertz CT molecular complexity index is 144. The number of carbonyl (C=O) groups is 1. The van der Waals surface area contributed by atoms with Gasteiger partial charge in [-0.3, -0.25) is 5.43 Å². The van der Waals surface area contributed by atoms with Gasteiger partial charge in [-0.2, -0.15) is 0 Å². The Kier molecular flexibility index (Phi) is 1.66. The van der Waals surface area contributed by atoms with Gasteiger partial charge in [0.15, 0.2) is 0 Å². The first-order valence-electron chi connectivity index (χ1n) is 2.54.